The Kier molecular flexibility index (Phi) is 4.73. The van der Waals surface area contributed by atoms with Crippen LogP contribution in [-0.4, -0.2) is 38.6 Å². The Morgan fingerprint density at radius 1 is 1.35 bits per heavy atom. The molecule has 0 amide bonds. The molecule has 0 radical (unpaired) electrons. The van der Waals surface area contributed by atoms with Gasteiger partial charge in [0.1, 0.15) is 18.9 Å². The van der Waals surface area contributed by atoms with Crippen LogP contribution in [0.15, 0.2) is 35.0 Å². The second-order valence-electron chi connectivity index (χ2n) is 4.90. The second kappa shape index (κ2) is 7.13. The zero-order valence-electron chi connectivity index (χ0n) is 13.2. The Hall–Kier alpha value is -3.57. The smallest absolute Gasteiger partial charge is 0.387 e. The van der Waals surface area contributed by atoms with Gasteiger partial charge in [-0.25, -0.2) is 0 Å². The number of halogens is 2. The number of nitrogens with zero attached hydrogens (tertiary/aromatic N) is 5. The fourth-order valence-corrected chi connectivity index (χ4v) is 2.10. The van der Waals surface area contributed by atoms with E-state index in [0.717, 1.165) is 6.20 Å². The van der Waals surface area contributed by atoms with Crippen molar-refractivity contribution in [2.45, 2.75) is 13.2 Å². The first-order chi connectivity index (χ1) is 12.5. The van der Waals surface area contributed by atoms with Crippen LogP contribution < -0.4 is 9.47 Å². The van der Waals surface area contributed by atoms with Gasteiger partial charge in [-0.2, -0.15) is 13.9 Å². The highest BCUT2D eigenvalue weighted by molar-refractivity contribution is 5.59. The summed E-state index contributed by atoms with van der Waals surface area (Å²) in [5.41, 5.74) is 0.262. The lowest BCUT2D eigenvalue weighted by Crippen LogP contribution is -2.03. The molecule has 0 N–H and O–H groups in total. The Balaban J connectivity index is 1.79. The van der Waals surface area contributed by atoms with E-state index in [-0.39, 0.29) is 35.5 Å². The zero-order chi connectivity index (χ0) is 18.7. The van der Waals surface area contributed by atoms with Crippen LogP contribution in [0.5, 0.6) is 11.5 Å². The van der Waals surface area contributed by atoms with Gasteiger partial charge in [-0.05, 0) is 18.2 Å². The molecule has 0 atom stereocenters. The zero-order valence-corrected chi connectivity index (χ0v) is 13.2. The SMILES string of the molecule is COc1cc(-c2nnc(Cn3cc([N+](=O)[O-])cn3)o2)ccc1OC(F)F. The van der Waals surface area contributed by atoms with Gasteiger partial charge >= 0.3 is 12.3 Å². The summed E-state index contributed by atoms with van der Waals surface area (Å²) in [7, 11) is 1.31. The number of aromatic nitrogens is 4. The fourth-order valence-electron chi connectivity index (χ4n) is 2.10. The van der Waals surface area contributed by atoms with E-state index in [4.69, 9.17) is 9.15 Å². The van der Waals surface area contributed by atoms with Crippen LogP contribution in [-0.2, 0) is 6.54 Å². The second-order valence-corrected chi connectivity index (χ2v) is 4.90. The first kappa shape index (κ1) is 17.3. The number of hydrogen-bond acceptors (Lipinski definition) is 8. The predicted molar refractivity (Wildman–Crippen MR) is 80.9 cm³/mol. The summed E-state index contributed by atoms with van der Waals surface area (Å²) in [5.74, 6) is 0.216. The molecular weight excluding hydrogens is 356 g/mol. The van der Waals surface area contributed by atoms with Crippen molar-refractivity contribution in [2.75, 3.05) is 7.11 Å². The molecular formula is C14H11F2N5O5. The molecule has 0 aliphatic rings. The van der Waals surface area contributed by atoms with Gasteiger partial charge in [0.2, 0.25) is 11.8 Å². The van der Waals surface area contributed by atoms with Crippen molar-refractivity contribution < 1.29 is 27.6 Å². The van der Waals surface area contributed by atoms with Gasteiger partial charge in [-0.1, -0.05) is 0 Å². The molecule has 3 rings (SSSR count). The average molecular weight is 367 g/mol. The van der Waals surface area contributed by atoms with E-state index in [1.54, 1.807) is 0 Å². The monoisotopic (exact) mass is 367 g/mol. The lowest BCUT2D eigenvalue weighted by atomic mass is 10.2. The topological polar surface area (TPSA) is 118 Å². The molecule has 12 heteroatoms. The molecule has 0 bridgehead atoms. The number of hydrogen-bond donors (Lipinski definition) is 0. The van der Waals surface area contributed by atoms with E-state index in [1.807, 2.05) is 0 Å². The maximum atomic E-state index is 12.4. The Morgan fingerprint density at radius 3 is 2.81 bits per heavy atom. The number of alkyl halides is 2. The summed E-state index contributed by atoms with van der Waals surface area (Å²) in [6.07, 6.45) is 2.33. The molecule has 136 valence electrons. The summed E-state index contributed by atoms with van der Waals surface area (Å²) in [6.45, 7) is -2.95. The highest BCUT2D eigenvalue weighted by Gasteiger charge is 2.16. The number of nitro groups is 1. The first-order valence-corrected chi connectivity index (χ1v) is 7.08. The van der Waals surface area contributed by atoms with E-state index in [9.17, 15) is 18.9 Å². The lowest BCUT2D eigenvalue weighted by Gasteiger charge is -2.10. The van der Waals surface area contributed by atoms with Crippen molar-refractivity contribution in [1.29, 1.82) is 0 Å². The summed E-state index contributed by atoms with van der Waals surface area (Å²) in [5, 5.41) is 22.1. The number of rotatable bonds is 7. The normalized spacial score (nSPS) is 10.9. The van der Waals surface area contributed by atoms with Crippen LogP contribution in [0.1, 0.15) is 5.89 Å². The molecule has 2 aromatic heterocycles. The number of ether oxygens (including phenoxy) is 2. The molecule has 0 saturated heterocycles. The molecule has 0 unspecified atom stereocenters. The number of benzene rings is 1. The van der Waals surface area contributed by atoms with Gasteiger partial charge in [0.25, 0.3) is 0 Å². The average Bonchev–Trinajstić information content (AvgIpc) is 3.25. The van der Waals surface area contributed by atoms with Crippen molar-refractivity contribution in [1.82, 2.24) is 20.0 Å². The summed E-state index contributed by atoms with van der Waals surface area (Å²) >= 11 is 0. The molecule has 26 heavy (non-hydrogen) atoms. The first-order valence-electron chi connectivity index (χ1n) is 7.08. The third-order valence-electron chi connectivity index (χ3n) is 3.22. The van der Waals surface area contributed by atoms with Crippen molar-refractivity contribution in [3.05, 3.63) is 46.6 Å². The third kappa shape index (κ3) is 3.74. The van der Waals surface area contributed by atoms with Gasteiger partial charge in [0.15, 0.2) is 11.5 Å². The van der Waals surface area contributed by atoms with E-state index in [2.05, 4.69) is 20.0 Å². The predicted octanol–water partition coefficient (Wildman–Crippen LogP) is 2.50. The van der Waals surface area contributed by atoms with E-state index in [1.165, 1.54) is 36.2 Å². The van der Waals surface area contributed by atoms with Crippen molar-refractivity contribution in [2.24, 2.45) is 0 Å². The molecule has 3 aromatic rings. The lowest BCUT2D eigenvalue weighted by molar-refractivity contribution is -0.385. The van der Waals surface area contributed by atoms with Gasteiger partial charge in [-0.3, -0.25) is 14.8 Å². The van der Waals surface area contributed by atoms with E-state index >= 15 is 0 Å². The fraction of sp³-hybridized carbons (Fsp3) is 0.214. The Bertz CT molecular complexity index is 926. The van der Waals surface area contributed by atoms with Crippen LogP contribution >= 0.6 is 0 Å². The highest BCUT2D eigenvalue weighted by Crippen LogP contribution is 2.33. The summed E-state index contributed by atoms with van der Waals surface area (Å²) < 4.78 is 40.8. The van der Waals surface area contributed by atoms with Crippen molar-refractivity contribution >= 4 is 5.69 Å². The standard InChI is InChI=1S/C14H11F2N5O5/c1-24-11-4-8(2-3-10(11)25-14(15)16)13-19-18-12(26-13)7-20-6-9(5-17-20)21(22)23/h2-6,14H,7H2,1H3. The minimum atomic E-state index is -2.98. The van der Waals surface area contributed by atoms with Gasteiger partial charge in [-0.15, -0.1) is 10.2 Å². The van der Waals surface area contributed by atoms with Gasteiger partial charge < -0.3 is 13.9 Å². The maximum absolute atomic E-state index is 12.4. The van der Waals surface area contributed by atoms with Crippen LogP contribution in [0.2, 0.25) is 0 Å². The van der Waals surface area contributed by atoms with E-state index in [0.29, 0.717) is 5.56 Å². The van der Waals surface area contributed by atoms with Crippen LogP contribution in [0, 0.1) is 10.1 Å². The molecule has 0 aliphatic heterocycles. The van der Waals surface area contributed by atoms with Crippen LogP contribution in [0.3, 0.4) is 0 Å². The molecule has 2 heterocycles. The molecule has 1 aromatic carbocycles. The Labute approximate surface area is 144 Å². The van der Waals surface area contributed by atoms with Gasteiger partial charge in [0, 0.05) is 5.56 Å². The largest absolute Gasteiger partial charge is 0.493 e. The van der Waals surface area contributed by atoms with Crippen molar-refractivity contribution in [3.63, 3.8) is 0 Å². The quantitative estimate of drug-likeness (QED) is 0.462. The number of methoxy groups -OCH3 is 1. The van der Waals surface area contributed by atoms with Crippen molar-refractivity contribution in [3.8, 4) is 23.0 Å². The third-order valence-corrected chi connectivity index (χ3v) is 3.22. The minimum Gasteiger partial charge on any atom is -0.493 e. The summed E-state index contributed by atoms with van der Waals surface area (Å²) in [6, 6.07) is 4.16. The van der Waals surface area contributed by atoms with E-state index < -0.39 is 11.5 Å². The maximum Gasteiger partial charge on any atom is 0.387 e. The molecule has 0 fully saturated rings. The Morgan fingerprint density at radius 2 is 2.15 bits per heavy atom. The van der Waals surface area contributed by atoms with Gasteiger partial charge in [0.05, 0.1) is 12.0 Å². The highest BCUT2D eigenvalue weighted by atomic mass is 19.3. The molecule has 0 spiro atoms. The molecule has 10 nitrogen and oxygen atoms in total. The molecule has 0 saturated carbocycles. The minimum absolute atomic E-state index is 0.0323. The summed E-state index contributed by atoms with van der Waals surface area (Å²) in [4.78, 5) is 10.1. The molecule has 0 aliphatic carbocycles. The van der Waals surface area contributed by atoms with Crippen LogP contribution in [0.4, 0.5) is 14.5 Å². The van der Waals surface area contributed by atoms with Crippen LogP contribution in [0.25, 0.3) is 11.5 Å².